The molecule has 130 valence electrons. The molecule has 0 unspecified atom stereocenters. The minimum absolute atomic E-state index is 0.327. The Morgan fingerprint density at radius 1 is 1.18 bits per heavy atom. The quantitative estimate of drug-likeness (QED) is 0.809. The maximum atomic E-state index is 10.3. The van der Waals surface area contributed by atoms with E-state index in [2.05, 4.69) is 32.7 Å². The first kappa shape index (κ1) is 18.2. The smallest absolute Gasteiger partial charge is 0.0900 e. The van der Waals surface area contributed by atoms with Gasteiger partial charge in [-0.25, -0.2) is 0 Å². The summed E-state index contributed by atoms with van der Waals surface area (Å²) in [5.74, 6) is 0.732. The van der Waals surface area contributed by atoms with E-state index in [9.17, 15) is 5.11 Å². The molecule has 0 aromatic carbocycles. The molecular formula is C19H37NO2. The van der Waals surface area contributed by atoms with Gasteiger partial charge in [0.2, 0.25) is 0 Å². The minimum atomic E-state index is -0.354. The largest absolute Gasteiger partial charge is 0.389 e. The zero-order valence-corrected chi connectivity index (χ0v) is 15.2. The van der Waals surface area contributed by atoms with Crippen molar-refractivity contribution >= 4 is 0 Å². The van der Waals surface area contributed by atoms with Gasteiger partial charge in [0.25, 0.3) is 0 Å². The van der Waals surface area contributed by atoms with E-state index in [1.165, 1.54) is 38.5 Å². The van der Waals surface area contributed by atoms with E-state index in [0.29, 0.717) is 24.2 Å². The van der Waals surface area contributed by atoms with Crippen molar-refractivity contribution in [3.05, 3.63) is 0 Å². The maximum absolute atomic E-state index is 10.3. The van der Waals surface area contributed by atoms with Crippen LogP contribution in [0.2, 0.25) is 0 Å². The van der Waals surface area contributed by atoms with Gasteiger partial charge < -0.3 is 14.7 Å². The van der Waals surface area contributed by atoms with Gasteiger partial charge in [-0.3, -0.25) is 0 Å². The van der Waals surface area contributed by atoms with E-state index in [-0.39, 0.29) is 6.10 Å². The van der Waals surface area contributed by atoms with Crippen molar-refractivity contribution in [2.45, 2.75) is 90.4 Å². The number of nitrogens with zero attached hydrogens (tertiary/aromatic N) is 1. The van der Waals surface area contributed by atoms with Crippen LogP contribution in [0.4, 0.5) is 0 Å². The average Bonchev–Trinajstić information content (AvgIpc) is 2.44. The molecule has 0 aliphatic heterocycles. The van der Waals surface area contributed by atoms with Gasteiger partial charge in [-0.1, -0.05) is 40.0 Å². The first-order chi connectivity index (χ1) is 10.4. The van der Waals surface area contributed by atoms with Gasteiger partial charge in [-0.05, 0) is 50.5 Å². The second-order valence-corrected chi connectivity index (χ2v) is 8.75. The Balaban J connectivity index is 1.69. The molecule has 0 amide bonds. The van der Waals surface area contributed by atoms with Gasteiger partial charge in [-0.2, -0.15) is 0 Å². The lowest BCUT2D eigenvalue weighted by atomic mass is 9.71. The Hall–Kier alpha value is -0.120. The number of hydrogen-bond donors (Lipinski definition) is 1. The van der Waals surface area contributed by atoms with E-state index in [0.717, 1.165) is 25.3 Å². The highest BCUT2D eigenvalue weighted by Gasteiger charge is 2.32. The molecule has 0 aromatic heterocycles. The van der Waals surface area contributed by atoms with Crippen molar-refractivity contribution < 1.29 is 9.84 Å². The third-order valence-electron chi connectivity index (χ3n) is 5.57. The molecule has 0 radical (unpaired) electrons. The van der Waals surface area contributed by atoms with Gasteiger partial charge in [0.1, 0.15) is 0 Å². The lowest BCUT2D eigenvalue weighted by Crippen LogP contribution is -2.41. The van der Waals surface area contributed by atoms with Crippen LogP contribution in [0.25, 0.3) is 0 Å². The van der Waals surface area contributed by atoms with E-state index in [4.69, 9.17) is 4.74 Å². The fourth-order valence-electron chi connectivity index (χ4n) is 4.69. The Kier molecular flexibility index (Phi) is 6.73. The number of likely N-dealkylation sites (N-methyl/N-ethyl adjacent to an activating group) is 1. The Labute approximate surface area is 137 Å². The molecule has 2 aliphatic rings. The molecule has 0 aromatic rings. The van der Waals surface area contributed by atoms with E-state index in [1.807, 2.05) is 0 Å². The molecule has 2 fully saturated rings. The average molecular weight is 312 g/mol. The molecule has 0 saturated heterocycles. The van der Waals surface area contributed by atoms with Crippen LogP contribution in [0.3, 0.4) is 0 Å². The third-order valence-corrected chi connectivity index (χ3v) is 5.57. The highest BCUT2D eigenvalue weighted by atomic mass is 16.5. The monoisotopic (exact) mass is 311 g/mol. The van der Waals surface area contributed by atoms with Crippen LogP contribution in [0.1, 0.15) is 72.1 Å². The summed E-state index contributed by atoms with van der Waals surface area (Å²) in [6.07, 6.45) is 10.2. The summed E-state index contributed by atoms with van der Waals surface area (Å²) >= 11 is 0. The molecule has 0 bridgehead atoms. The fourth-order valence-corrected chi connectivity index (χ4v) is 4.69. The Morgan fingerprint density at radius 2 is 1.86 bits per heavy atom. The number of aliphatic hydroxyl groups excluding tert-OH is 1. The molecule has 22 heavy (non-hydrogen) atoms. The van der Waals surface area contributed by atoms with Crippen molar-refractivity contribution in [3.8, 4) is 0 Å². The predicted molar refractivity (Wildman–Crippen MR) is 92.0 cm³/mol. The molecule has 2 aliphatic carbocycles. The molecular weight excluding hydrogens is 274 g/mol. The minimum Gasteiger partial charge on any atom is -0.389 e. The SMILES string of the molecule is C[C@H]1C[C@@H](OC[C@H](O)CN(C)C2CCCCC2)CC(C)(C)C1. The van der Waals surface area contributed by atoms with Crippen molar-refractivity contribution in [2.24, 2.45) is 11.3 Å². The molecule has 3 atom stereocenters. The van der Waals surface area contributed by atoms with Crippen LogP contribution in [0.5, 0.6) is 0 Å². The van der Waals surface area contributed by atoms with E-state index in [1.54, 1.807) is 0 Å². The summed E-state index contributed by atoms with van der Waals surface area (Å²) in [4.78, 5) is 2.35. The molecule has 1 N–H and O–H groups in total. The standard InChI is InChI=1S/C19H37NO2/c1-15-10-18(12-19(2,3)11-15)22-14-17(21)13-20(4)16-8-6-5-7-9-16/h15-18,21H,5-14H2,1-4H3/t15-,17+,18+/m0/s1. The van der Waals surface area contributed by atoms with E-state index >= 15 is 0 Å². The van der Waals surface area contributed by atoms with Gasteiger partial charge in [-0.15, -0.1) is 0 Å². The molecule has 0 heterocycles. The molecule has 0 spiro atoms. The lowest BCUT2D eigenvalue weighted by molar-refractivity contribution is -0.0626. The summed E-state index contributed by atoms with van der Waals surface area (Å²) in [5.41, 5.74) is 0.381. The molecule has 3 nitrogen and oxygen atoms in total. The van der Waals surface area contributed by atoms with Gasteiger partial charge in [0, 0.05) is 12.6 Å². The number of hydrogen-bond acceptors (Lipinski definition) is 3. The van der Waals surface area contributed by atoms with Crippen LogP contribution in [0.15, 0.2) is 0 Å². The summed E-state index contributed by atoms with van der Waals surface area (Å²) in [7, 11) is 2.16. The second kappa shape index (κ2) is 8.12. The number of ether oxygens (including phenoxy) is 1. The molecule has 2 rings (SSSR count). The van der Waals surface area contributed by atoms with Crippen LogP contribution in [-0.4, -0.2) is 48.5 Å². The van der Waals surface area contributed by atoms with Gasteiger partial charge in [0.15, 0.2) is 0 Å². The van der Waals surface area contributed by atoms with Crippen LogP contribution in [0, 0.1) is 11.3 Å². The highest BCUT2D eigenvalue weighted by molar-refractivity contribution is 4.84. The molecule has 2 saturated carbocycles. The topological polar surface area (TPSA) is 32.7 Å². The highest BCUT2D eigenvalue weighted by Crippen LogP contribution is 2.39. The summed E-state index contributed by atoms with van der Waals surface area (Å²) < 4.78 is 6.06. The maximum Gasteiger partial charge on any atom is 0.0900 e. The van der Waals surface area contributed by atoms with Crippen LogP contribution in [-0.2, 0) is 4.74 Å². The summed E-state index contributed by atoms with van der Waals surface area (Å²) in [5, 5.41) is 10.3. The first-order valence-electron chi connectivity index (χ1n) is 9.35. The lowest BCUT2D eigenvalue weighted by Gasteiger charge is -2.39. The zero-order chi connectivity index (χ0) is 16.2. The predicted octanol–water partition coefficient (Wildman–Crippen LogP) is 3.84. The van der Waals surface area contributed by atoms with E-state index < -0.39 is 0 Å². The third kappa shape index (κ3) is 5.82. The summed E-state index contributed by atoms with van der Waals surface area (Å²) in [6, 6.07) is 0.664. The van der Waals surface area contributed by atoms with Crippen molar-refractivity contribution in [2.75, 3.05) is 20.2 Å². The van der Waals surface area contributed by atoms with Crippen molar-refractivity contribution in [1.82, 2.24) is 4.90 Å². The Bertz CT molecular complexity index is 325. The second-order valence-electron chi connectivity index (χ2n) is 8.75. The van der Waals surface area contributed by atoms with Crippen molar-refractivity contribution in [3.63, 3.8) is 0 Å². The van der Waals surface area contributed by atoms with Crippen LogP contribution < -0.4 is 0 Å². The van der Waals surface area contributed by atoms with Crippen molar-refractivity contribution in [1.29, 1.82) is 0 Å². The summed E-state index contributed by atoms with van der Waals surface area (Å²) in [6.45, 7) is 8.24. The zero-order valence-electron chi connectivity index (χ0n) is 15.2. The van der Waals surface area contributed by atoms with Gasteiger partial charge in [0.05, 0.1) is 18.8 Å². The first-order valence-corrected chi connectivity index (χ1v) is 9.35. The van der Waals surface area contributed by atoms with Crippen LogP contribution >= 0.6 is 0 Å². The van der Waals surface area contributed by atoms with Gasteiger partial charge >= 0.3 is 0 Å². The number of aliphatic hydroxyl groups is 1. The fraction of sp³-hybridized carbons (Fsp3) is 1.00. The Morgan fingerprint density at radius 3 is 2.50 bits per heavy atom. The number of rotatable bonds is 6. The molecule has 3 heteroatoms. The normalized spacial score (nSPS) is 31.4.